The number of para-hydroxylation sites is 1. The highest BCUT2D eigenvalue weighted by molar-refractivity contribution is 7.99. The second kappa shape index (κ2) is 12.5. The summed E-state index contributed by atoms with van der Waals surface area (Å²) >= 11 is 1.87. The molecule has 12 rings (SSSR count). The summed E-state index contributed by atoms with van der Waals surface area (Å²) in [5.74, 6) is 0.684. The number of hydrogen-bond acceptors (Lipinski definition) is 4. The topological polar surface area (TPSA) is 38.9 Å². The Labute approximate surface area is 334 Å². The molecule has 3 nitrogen and oxygen atoms in total. The van der Waals surface area contributed by atoms with Crippen LogP contribution in [0.5, 0.6) is 0 Å². The van der Waals surface area contributed by atoms with Crippen molar-refractivity contribution in [3.63, 3.8) is 0 Å². The molecule has 10 aromatic rings. The van der Waals surface area contributed by atoms with Gasteiger partial charge < -0.3 is 4.42 Å². The summed E-state index contributed by atoms with van der Waals surface area (Å²) in [6, 6.07) is 69.7. The molecule has 57 heavy (non-hydrogen) atoms. The van der Waals surface area contributed by atoms with Crippen molar-refractivity contribution in [1.82, 2.24) is 9.97 Å². The standard InChI is InChI=1S/C53H32N2OS/c1-2-13-33(14-3-1)52-54-46(32-47(55-52)37-25-27-41-40-19-6-10-23-48(40)56-49(41)31-37)36-16-12-15-34(29-36)35-26-28-51-45(30-35)53(44-22-9-11-24-50(44)57-51)42-20-7-4-17-38(42)39-18-5-8-21-43(39)53/h1-32H. The molecule has 0 bridgehead atoms. The Morgan fingerprint density at radius 3 is 1.75 bits per heavy atom. The van der Waals surface area contributed by atoms with Crippen molar-refractivity contribution < 1.29 is 4.42 Å². The predicted molar refractivity (Wildman–Crippen MR) is 232 cm³/mol. The summed E-state index contributed by atoms with van der Waals surface area (Å²) < 4.78 is 6.30. The highest BCUT2D eigenvalue weighted by atomic mass is 32.2. The van der Waals surface area contributed by atoms with E-state index >= 15 is 0 Å². The van der Waals surface area contributed by atoms with Gasteiger partial charge in [-0.3, -0.25) is 0 Å². The minimum atomic E-state index is -0.426. The zero-order chi connectivity index (χ0) is 37.5. The summed E-state index contributed by atoms with van der Waals surface area (Å²) in [6.07, 6.45) is 0. The number of nitrogens with zero attached hydrogens (tertiary/aromatic N) is 2. The number of furan rings is 1. The van der Waals surface area contributed by atoms with Gasteiger partial charge in [-0.15, -0.1) is 0 Å². The molecule has 0 amide bonds. The highest BCUT2D eigenvalue weighted by Crippen LogP contribution is 2.62. The average Bonchev–Trinajstić information content (AvgIpc) is 3.80. The van der Waals surface area contributed by atoms with Crippen LogP contribution in [-0.2, 0) is 5.41 Å². The van der Waals surface area contributed by atoms with Crippen LogP contribution in [-0.4, -0.2) is 9.97 Å². The van der Waals surface area contributed by atoms with Crippen LogP contribution in [0.3, 0.4) is 0 Å². The first-order chi connectivity index (χ1) is 28.2. The third-order valence-corrected chi connectivity index (χ3v) is 12.9. The van der Waals surface area contributed by atoms with Crippen LogP contribution in [0.15, 0.2) is 208 Å². The minimum absolute atomic E-state index is 0.426. The summed E-state index contributed by atoms with van der Waals surface area (Å²) in [7, 11) is 0. The van der Waals surface area contributed by atoms with Gasteiger partial charge in [-0.05, 0) is 93.0 Å². The Morgan fingerprint density at radius 2 is 0.947 bits per heavy atom. The van der Waals surface area contributed by atoms with Gasteiger partial charge in [0.15, 0.2) is 5.82 Å². The molecule has 0 radical (unpaired) electrons. The molecule has 0 unspecified atom stereocenters. The van der Waals surface area contributed by atoms with Crippen LogP contribution in [0.25, 0.3) is 78.1 Å². The van der Waals surface area contributed by atoms with Gasteiger partial charge in [0.2, 0.25) is 0 Å². The van der Waals surface area contributed by atoms with Crippen molar-refractivity contribution in [3.8, 4) is 56.2 Å². The first kappa shape index (κ1) is 32.3. The van der Waals surface area contributed by atoms with Gasteiger partial charge in [0.1, 0.15) is 11.2 Å². The summed E-state index contributed by atoms with van der Waals surface area (Å²) in [6.45, 7) is 0. The lowest BCUT2D eigenvalue weighted by Crippen LogP contribution is -2.32. The van der Waals surface area contributed by atoms with E-state index in [4.69, 9.17) is 14.4 Å². The fourth-order valence-electron chi connectivity index (χ4n) is 9.24. The Balaban J connectivity index is 1.02. The number of fused-ring (bicyclic) bond motifs is 12. The molecule has 266 valence electrons. The number of aromatic nitrogens is 2. The van der Waals surface area contributed by atoms with Gasteiger partial charge in [0, 0.05) is 37.3 Å². The average molecular weight is 745 g/mol. The quantitative estimate of drug-likeness (QED) is 0.180. The van der Waals surface area contributed by atoms with Gasteiger partial charge in [-0.2, -0.15) is 0 Å². The smallest absolute Gasteiger partial charge is 0.160 e. The van der Waals surface area contributed by atoms with Gasteiger partial charge in [-0.25, -0.2) is 9.97 Å². The van der Waals surface area contributed by atoms with Crippen molar-refractivity contribution >= 4 is 33.7 Å². The zero-order valence-corrected chi connectivity index (χ0v) is 31.5. The van der Waals surface area contributed by atoms with E-state index in [0.29, 0.717) is 5.82 Å². The van der Waals surface area contributed by atoms with Crippen LogP contribution in [0, 0.1) is 0 Å². The fourth-order valence-corrected chi connectivity index (χ4v) is 10.4. The van der Waals surface area contributed by atoms with Crippen LogP contribution in [0.2, 0.25) is 0 Å². The van der Waals surface area contributed by atoms with Crippen LogP contribution < -0.4 is 0 Å². The van der Waals surface area contributed by atoms with Crippen molar-refractivity contribution in [1.29, 1.82) is 0 Å². The van der Waals surface area contributed by atoms with Crippen LogP contribution in [0.4, 0.5) is 0 Å². The molecular formula is C53H32N2OS. The van der Waals surface area contributed by atoms with E-state index in [9.17, 15) is 0 Å². The molecule has 1 aliphatic carbocycles. The van der Waals surface area contributed by atoms with E-state index in [0.717, 1.165) is 55.6 Å². The Hall–Kier alpha value is -7.01. The van der Waals surface area contributed by atoms with Crippen molar-refractivity contribution in [2.45, 2.75) is 15.2 Å². The number of rotatable bonds is 4. The first-order valence-corrected chi connectivity index (χ1v) is 20.1. The maximum atomic E-state index is 6.30. The summed E-state index contributed by atoms with van der Waals surface area (Å²) in [5.41, 5.74) is 16.3. The normalized spacial score (nSPS) is 13.3. The summed E-state index contributed by atoms with van der Waals surface area (Å²) in [4.78, 5) is 12.9. The van der Waals surface area contributed by atoms with Crippen LogP contribution >= 0.6 is 11.8 Å². The van der Waals surface area contributed by atoms with Gasteiger partial charge >= 0.3 is 0 Å². The van der Waals surface area contributed by atoms with E-state index < -0.39 is 5.41 Å². The Kier molecular flexibility index (Phi) is 7.08. The Bertz CT molecular complexity index is 3190. The molecule has 0 N–H and O–H groups in total. The maximum Gasteiger partial charge on any atom is 0.160 e. The molecule has 0 saturated carbocycles. The molecular weight excluding hydrogens is 713 g/mol. The fraction of sp³-hybridized carbons (Fsp3) is 0.0189. The molecule has 1 spiro atoms. The summed E-state index contributed by atoms with van der Waals surface area (Å²) in [5, 5.41) is 2.21. The van der Waals surface area contributed by atoms with E-state index in [1.54, 1.807) is 0 Å². The van der Waals surface area contributed by atoms with Crippen LogP contribution in [0.1, 0.15) is 22.3 Å². The maximum absolute atomic E-state index is 6.30. The molecule has 2 aromatic heterocycles. The van der Waals surface area contributed by atoms with Crippen molar-refractivity contribution in [3.05, 3.63) is 216 Å². The Morgan fingerprint density at radius 1 is 0.368 bits per heavy atom. The molecule has 1 aliphatic heterocycles. The molecule has 4 heteroatoms. The van der Waals surface area contributed by atoms with E-state index in [1.807, 2.05) is 42.1 Å². The second-order valence-electron chi connectivity index (χ2n) is 14.9. The van der Waals surface area contributed by atoms with Crippen molar-refractivity contribution in [2.24, 2.45) is 0 Å². The predicted octanol–water partition coefficient (Wildman–Crippen LogP) is 13.9. The monoisotopic (exact) mass is 744 g/mol. The molecule has 3 heterocycles. The third-order valence-electron chi connectivity index (χ3n) is 11.8. The first-order valence-electron chi connectivity index (χ1n) is 19.3. The van der Waals surface area contributed by atoms with Crippen molar-refractivity contribution in [2.75, 3.05) is 0 Å². The van der Waals surface area contributed by atoms with E-state index in [-0.39, 0.29) is 0 Å². The lowest BCUT2D eigenvalue weighted by atomic mass is 9.67. The van der Waals surface area contributed by atoms with E-state index in [1.165, 1.54) is 48.7 Å². The lowest BCUT2D eigenvalue weighted by molar-refractivity contribution is 0.669. The molecule has 0 saturated heterocycles. The number of benzene rings is 8. The zero-order valence-electron chi connectivity index (χ0n) is 30.7. The lowest BCUT2D eigenvalue weighted by Gasteiger charge is -2.40. The second-order valence-corrected chi connectivity index (χ2v) is 16.0. The third kappa shape index (κ3) is 4.87. The number of hydrogen-bond donors (Lipinski definition) is 0. The SMILES string of the molecule is c1ccc(-c2nc(-c3cccc(-c4ccc5c(c4)C4(c6ccccc6S5)c5ccccc5-c5ccccc54)c3)cc(-c3ccc4c(c3)oc3ccccc34)n2)cc1. The molecule has 2 aliphatic rings. The highest BCUT2D eigenvalue weighted by Gasteiger charge is 2.50. The largest absolute Gasteiger partial charge is 0.456 e. The van der Waals surface area contributed by atoms with Gasteiger partial charge in [0.25, 0.3) is 0 Å². The molecule has 0 fully saturated rings. The van der Waals surface area contributed by atoms with E-state index in [2.05, 4.69) is 164 Å². The van der Waals surface area contributed by atoms with Gasteiger partial charge in [-0.1, -0.05) is 157 Å². The molecule has 0 atom stereocenters. The van der Waals surface area contributed by atoms with Gasteiger partial charge in [0.05, 0.1) is 16.8 Å². The minimum Gasteiger partial charge on any atom is -0.456 e. The molecule has 8 aromatic carbocycles.